The van der Waals surface area contributed by atoms with Crippen molar-refractivity contribution < 1.29 is 9.84 Å². The lowest BCUT2D eigenvalue weighted by Crippen LogP contribution is -2.26. The second-order valence-electron chi connectivity index (χ2n) is 8.78. The Bertz CT molecular complexity index is 747. The van der Waals surface area contributed by atoms with Gasteiger partial charge in [-0.3, -0.25) is 0 Å². The highest BCUT2D eigenvalue weighted by molar-refractivity contribution is 5.44. The van der Waals surface area contributed by atoms with Crippen molar-refractivity contribution in [2.75, 3.05) is 6.61 Å². The molecule has 0 radical (unpaired) electrons. The van der Waals surface area contributed by atoms with Crippen LogP contribution in [0.3, 0.4) is 0 Å². The number of rotatable bonds is 9. The van der Waals surface area contributed by atoms with Crippen LogP contribution in [0.2, 0.25) is 0 Å². The van der Waals surface area contributed by atoms with Crippen molar-refractivity contribution >= 4 is 0 Å². The number of aromatic nitrogens is 2. The summed E-state index contributed by atoms with van der Waals surface area (Å²) in [5, 5.41) is 10.4. The van der Waals surface area contributed by atoms with Crippen LogP contribution in [0.4, 0.5) is 0 Å². The Balaban J connectivity index is 2.21. The highest BCUT2D eigenvalue weighted by Gasteiger charge is 2.26. The molecule has 1 atom stereocenters. The molecule has 4 nitrogen and oxygen atoms in total. The van der Waals surface area contributed by atoms with E-state index in [1.807, 2.05) is 17.7 Å². The quantitative estimate of drug-likeness (QED) is 0.673. The highest BCUT2D eigenvalue weighted by atomic mass is 16.5. The van der Waals surface area contributed by atoms with Gasteiger partial charge in [0, 0.05) is 18.0 Å². The number of imidazole rings is 1. The summed E-state index contributed by atoms with van der Waals surface area (Å²) in [4.78, 5) is 4.20. The molecule has 1 unspecified atom stereocenters. The molecular formula is C23H36N2O2. The van der Waals surface area contributed by atoms with Crippen molar-refractivity contribution in [3.8, 4) is 5.75 Å². The summed E-state index contributed by atoms with van der Waals surface area (Å²) in [6.07, 6.45) is 5.16. The zero-order valence-corrected chi connectivity index (χ0v) is 18.0. The van der Waals surface area contributed by atoms with E-state index in [0.29, 0.717) is 6.54 Å². The second-order valence-corrected chi connectivity index (χ2v) is 8.78. The molecule has 27 heavy (non-hydrogen) atoms. The van der Waals surface area contributed by atoms with Gasteiger partial charge in [-0.15, -0.1) is 0 Å². The third-order valence-corrected chi connectivity index (χ3v) is 6.02. The topological polar surface area (TPSA) is 47.3 Å². The van der Waals surface area contributed by atoms with E-state index in [1.165, 1.54) is 11.1 Å². The van der Waals surface area contributed by atoms with Crippen LogP contribution >= 0.6 is 0 Å². The van der Waals surface area contributed by atoms with Crippen molar-refractivity contribution in [3.63, 3.8) is 0 Å². The fourth-order valence-corrected chi connectivity index (χ4v) is 3.06. The molecule has 0 aliphatic heterocycles. The number of hydrogen-bond acceptors (Lipinski definition) is 3. The Morgan fingerprint density at radius 3 is 2.33 bits per heavy atom. The van der Waals surface area contributed by atoms with Gasteiger partial charge in [0.25, 0.3) is 0 Å². The zero-order chi connectivity index (χ0) is 20.2. The van der Waals surface area contributed by atoms with Gasteiger partial charge in [0.15, 0.2) is 0 Å². The van der Waals surface area contributed by atoms with Crippen LogP contribution in [0.1, 0.15) is 71.3 Å². The minimum Gasteiger partial charge on any atom is -0.491 e. The number of ether oxygens (including phenoxy) is 1. The van der Waals surface area contributed by atoms with Crippen LogP contribution in [0.25, 0.3) is 0 Å². The lowest BCUT2D eigenvalue weighted by Gasteiger charge is -2.30. The van der Waals surface area contributed by atoms with E-state index in [0.717, 1.165) is 24.4 Å². The molecule has 2 rings (SSSR count). The molecule has 0 saturated heterocycles. The van der Waals surface area contributed by atoms with Crippen molar-refractivity contribution in [1.29, 1.82) is 0 Å². The van der Waals surface area contributed by atoms with Gasteiger partial charge in [0.1, 0.15) is 24.3 Å². The van der Waals surface area contributed by atoms with Crippen molar-refractivity contribution in [3.05, 3.63) is 47.5 Å². The second kappa shape index (κ2) is 8.47. The van der Waals surface area contributed by atoms with E-state index < -0.39 is 6.10 Å². The Kier molecular flexibility index (Phi) is 6.74. The van der Waals surface area contributed by atoms with E-state index in [9.17, 15) is 5.11 Å². The smallest absolute Gasteiger partial charge is 0.123 e. The van der Waals surface area contributed by atoms with Gasteiger partial charge in [0.05, 0.1) is 6.54 Å². The highest BCUT2D eigenvalue weighted by Crippen LogP contribution is 2.38. The van der Waals surface area contributed by atoms with E-state index in [1.54, 1.807) is 6.20 Å². The molecule has 0 bridgehead atoms. The number of benzene rings is 1. The first-order valence-corrected chi connectivity index (χ1v) is 10.0. The first kappa shape index (κ1) is 21.5. The summed E-state index contributed by atoms with van der Waals surface area (Å²) in [5.74, 6) is 1.77. The molecule has 0 amide bonds. The monoisotopic (exact) mass is 372 g/mol. The van der Waals surface area contributed by atoms with Crippen molar-refractivity contribution in [2.45, 2.75) is 84.8 Å². The van der Waals surface area contributed by atoms with Gasteiger partial charge < -0.3 is 14.4 Å². The summed E-state index contributed by atoms with van der Waals surface area (Å²) in [5.41, 5.74) is 2.70. The van der Waals surface area contributed by atoms with Crippen LogP contribution in [0.5, 0.6) is 5.75 Å². The number of aliphatic hydroxyl groups excluding tert-OH is 1. The number of aliphatic hydroxyl groups is 1. The standard InChI is InChI=1S/C23H36N2O2/c1-8-22(4,5)18-10-11-21(20(14-18)23(6,7)9-2)27-16-19(26)15-25-13-12-24-17(25)3/h10-14,19,26H,8-9,15-16H2,1-7H3. The lowest BCUT2D eigenvalue weighted by atomic mass is 9.76. The molecule has 0 aliphatic carbocycles. The van der Waals surface area contributed by atoms with Gasteiger partial charge >= 0.3 is 0 Å². The number of hydrogen-bond donors (Lipinski definition) is 1. The van der Waals surface area contributed by atoms with Crippen LogP contribution in [-0.4, -0.2) is 27.4 Å². The Hall–Kier alpha value is -1.81. The van der Waals surface area contributed by atoms with Gasteiger partial charge in [-0.1, -0.05) is 53.7 Å². The molecule has 1 N–H and O–H groups in total. The van der Waals surface area contributed by atoms with Crippen LogP contribution in [-0.2, 0) is 17.4 Å². The SMILES string of the molecule is CCC(C)(C)c1ccc(OCC(O)Cn2ccnc2C)c(C(C)(C)CC)c1. The molecule has 150 valence electrons. The maximum atomic E-state index is 10.4. The predicted molar refractivity (Wildman–Crippen MR) is 112 cm³/mol. The largest absolute Gasteiger partial charge is 0.491 e. The fourth-order valence-electron chi connectivity index (χ4n) is 3.06. The number of aryl methyl sites for hydroxylation is 1. The van der Waals surface area contributed by atoms with Gasteiger partial charge in [0.2, 0.25) is 0 Å². The van der Waals surface area contributed by atoms with E-state index in [2.05, 4.69) is 64.7 Å². The van der Waals surface area contributed by atoms with Gasteiger partial charge in [-0.25, -0.2) is 4.98 Å². The lowest BCUT2D eigenvalue weighted by molar-refractivity contribution is 0.0908. The molecule has 1 aromatic heterocycles. The first-order valence-electron chi connectivity index (χ1n) is 10.0. The van der Waals surface area contributed by atoms with E-state index >= 15 is 0 Å². The third-order valence-electron chi connectivity index (χ3n) is 6.02. The zero-order valence-electron chi connectivity index (χ0n) is 18.0. The average Bonchev–Trinajstić information content (AvgIpc) is 3.04. The van der Waals surface area contributed by atoms with Crippen molar-refractivity contribution in [2.24, 2.45) is 0 Å². The first-order chi connectivity index (χ1) is 12.6. The Morgan fingerprint density at radius 1 is 1.11 bits per heavy atom. The predicted octanol–water partition coefficient (Wildman–Crippen LogP) is 5.01. The van der Waals surface area contributed by atoms with Gasteiger partial charge in [-0.2, -0.15) is 0 Å². The Morgan fingerprint density at radius 2 is 1.78 bits per heavy atom. The van der Waals surface area contributed by atoms with Crippen LogP contribution < -0.4 is 4.74 Å². The normalized spacial score (nSPS) is 13.6. The summed E-state index contributed by atoms with van der Waals surface area (Å²) >= 11 is 0. The summed E-state index contributed by atoms with van der Waals surface area (Å²) in [6.45, 7) is 16.2. The maximum Gasteiger partial charge on any atom is 0.123 e. The molecule has 0 fully saturated rings. The third kappa shape index (κ3) is 5.13. The fraction of sp³-hybridized carbons (Fsp3) is 0.609. The molecule has 0 spiro atoms. The van der Waals surface area contributed by atoms with E-state index in [-0.39, 0.29) is 17.4 Å². The molecular weight excluding hydrogens is 336 g/mol. The van der Waals surface area contributed by atoms with Crippen molar-refractivity contribution in [1.82, 2.24) is 9.55 Å². The maximum absolute atomic E-state index is 10.4. The minimum absolute atomic E-state index is 0.0149. The molecule has 4 heteroatoms. The van der Waals surface area contributed by atoms with Crippen LogP contribution in [0, 0.1) is 6.92 Å². The molecule has 1 aromatic carbocycles. The molecule has 0 aliphatic rings. The van der Waals surface area contributed by atoms with Gasteiger partial charge in [-0.05, 0) is 42.2 Å². The molecule has 0 saturated carbocycles. The average molecular weight is 373 g/mol. The Labute approximate surface area is 164 Å². The molecule has 2 aromatic rings. The minimum atomic E-state index is -0.581. The van der Waals surface area contributed by atoms with E-state index in [4.69, 9.17) is 4.74 Å². The molecule has 1 heterocycles. The summed E-state index contributed by atoms with van der Waals surface area (Å²) < 4.78 is 8.04. The number of nitrogens with zero attached hydrogens (tertiary/aromatic N) is 2. The van der Waals surface area contributed by atoms with Crippen LogP contribution in [0.15, 0.2) is 30.6 Å². The summed E-state index contributed by atoms with van der Waals surface area (Å²) in [6, 6.07) is 6.55. The summed E-state index contributed by atoms with van der Waals surface area (Å²) in [7, 11) is 0.